The summed E-state index contributed by atoms with van der Waals surface area (Å²) in [5.74, 6) is 0. The lowest BCUT2D eigenvalue weighted by molar-refractivity contribution is 0.185. The molecule has 5 heteroatoms. The number of benzene rings is 1. The number of hydrogen-bond donors (Lipinski definition) is 1. The van der Waals surface area contributed by atoms with Crippen LogP contribution in [0.2, 0.25) is 0 Å². The summed E-state index contributed by atoms with van der Waals surface area (Å²) < 4.78 is 8.20. The number of hydrogen-bond acceptors (Lipinski definition) is 3. The van der Waals surface area contributed by atoms with Gasteiger partial charge < -0.3 is 10.1 Å². The molecule has 0 unspecified atom stereocenters. The Bertz CT molecular complexity index is 566. The van der Waals surface area contributed by atoms with E-state index in [1.165, 1.54) is 0 Å². The molecule has 0 aliphatic heterocycles. The molecule has 0 aliphatic rings. The van der Waals surface area contributed by atoms with E-state index in [1.54, 1.807) is 7.11 Å². The fourth-order valence-electron chi connectivity index (χ4n) is 2.03. The molecule has 0 atom stereocenters. The number of nitrogens with zero attached hydrogens (tertiary/aromatic N) is 2. The number of anilines is 1. The van der Waals surface area contributed by atoms with Gasteiger partial charge in [-0.15, -0.1) is 0 Å². The molecular weight excluding hydrogens is 306 g/mol. The van der Waals surface area contributed by atoms with Gasteiger partial charge in [0, 0.05) is 29.9 Å². The zero-order valence-electron chi connectivity index (χ0n) is 11.4. The number of halogens is 1. The first-order valence-electron chi connectivity index (χ1n) is 6.11. The zero-order valence-corrected chi connectivity index (χ0v) is 13.0. The van der Waals surface area contributed by atoms with Gasteiger partial charge in [-0.25, -0.2) is 0 Å². The maximum atomic E-state index is 5.24. The molecule has 1 N–H and O–H groups in total. The Labute approximate surface area is 121 Å². The van der Waals surface area contributed by atoms with Crippen molar-refractivity contribution in [2.75, 3.05) is 12.4 Å². The van der Waals surface area contributed by atoms with Gasteiger partial charge in [0.2, 0.25) is 0 Å². The van der Waals surface area contributed by atoms with Crippen LogP contribution < -0.4 is 5.32 Å². The largest absolute Gasteiger partial charge is 0.380 e. The van der Waals surface area contributed by atoms with E-state index in [0.717, 1.165) is 33.7 Å². The third-order valence-corrected chi connectivity index (χ3v) is 3.71. The van der Waals surface area contributed by atoms with Gasteiger partial charge in [-0.2, -0.15) is 5.10 Å². The van der Waals surface area contributed by atoms with Crippen LogP contribution >= 0.6 is 15.9 Å². The fraction of sp³-hybridized carbons (Fsp3) is 0.357. The molecule has 0 saturated heterocycles. The van der Waals surface area contributed by atoms with Gasteiger partial charge in [0.15, 0.2) is 0 Å². The highest BCUT2D eigenvalue weighted by Gasteiger charge is 2.07. The minimum Gasteiger partial charge on any atom is -0.380 e. The van der Waals surface area contributed by atoms with Gasteiger partial charge in [0.1, 0.15) is 0 Å². The van der Waals surface area contributed by atoms with Crippen LogP contribution in [-0.4, -0.2) is 16.9 Å². The molecule has 0 aliphatic carbocycles. The predicted molar refractivity (Wildman–Crippen MR) is 80.1 cm³/mol. The van der Waals surface area contributed by atoms with Gasteiger partial charge in [-0.1, -0.05) is 22.0 Å². The summed E-state index contributed by atoms with van der Waals surface area (Å²) in [6, 6.07) is 8.18. The molecule has 0 saturated carbocycles. The molecule has 1 aromatic carbocycles. The predicted octanol–water partition coefficient (Wildman–Crippen LogP) is 3.25. The average Bonchev–Trinajstić information content (AvgIpc) is 2.69. The number of rotatable bonds is 5. The normalized spacial score (nSPS) is 10.7. The van der Waals surface area contributed by atoms with Gasteiger partial charge in [-0.05, 0) is 25.1 Å². The zero-order chi connectivity index (χ0) is 13.8. The van der Waals surface area contributed by atoms with Crippen LogP contribution in [0.25, 0.3) is 0 Å². The van der Waals surface area contributed by atoms with Crippen LogP contribution in [0, 0.1) is 6.92 Å². The minimum absolute atomic E-state index is 0.578. The van der Waals surface area contributed by atoms with E-state index in [9.17, 15) is 0 Å². The van der Waals surface area contributed by atoms with Crippen LogP contribution in [0.1, 0.15) is 17.0 Å². The standard InChI is InChI=1S/C14H18BrN3O/c1-10-7-11(18(2)17-10)8-16-14-6-4-5-13(15)12(14)9-19-3/h4-7,16H,8-9H2,1-3H3. The van der Waals surface area contributed by atoms with Crippen molar-refractivity contribution in [1.29, 1.82) is 0 Å². The second kappa shape index (κ2) is 6.21. The maximum absolute atomic E-state index is 5.24. The summed E-state index contributed by atoms with van der Waals surface area (Å²) in [6.45, 7) is 3.32. The Hall–Kier alpha value is -1.33. The van der Waals surface area contributed by atoms with Crippen molar-refractivity contribution in [2.45, 2.75) is 20.1 Å². The number of ether oxygens (including phenoxy) is 1. The Kier molecular flexibility index (Phi) is 4.61. The first-order chi connectivity index (χ1) is 9.11. The number of aryl methyl sites for hydroxylation is 2. The lowest BCUT2D eigenvalue weighted by Gasteiger charge is -2.13. The summed E-state index contributed by atoms with van der Waals surface area (Å²) in [7, 11) is 3.66. The first-order valence-corrected chi connectivity index (χ1v) is 6.91. The molecule has 0 amide bonds. The highest BCUT2D eigenvalue weighted by molar-refractivity contribution is 9.10. The first kappa shape index (κ1) is 14.1. The van der Waals surface area contributed by atoms with E-state index in [0.29, 0.717) is 6.61 Å². The summed E-state index contributed by atoms with van der Waals surface area (Å²) >= 11 is 3.56. The maximum Gasteiger partial charge on any atom is 0.0744 e. The van der Waals surface area contributed by atoms with E-state index in [2.05, 4.69) is 38.5 Å². The van der Waals surface area contributed by atoms with Crippen LogP contribution in [0.4, 0.5) is 5.69 Å². The third kappa shape index (κ3) is 3.36. The van der Waals surface area contributed by atoms with Crippen LogP contribution in [0.15, 0.2) is 28.7 Å². The van der Waals surface area contributed by atoms with Crippen molar-refractivity contribution in [3.63, 3.8) is 0 Å². The SMILES string of the molecule is COCc1c(Br)cccc1NCc1cc(C)nn1C. The molecule has 4 nitrogen and oxygen atoms in total. The smallest absolute Gasteiger partial charge is 0.0744 e. The van der Waals surface area contributed by atoms with E-state index in [-0.39, 0.29) is 0 Å². The second-order valence-corrected chi connectivity index (χ2v) is 5.31. The molecule has 0 spiro atoms. The molecule has 2 rings (SSSR count). The van der Waals surface area contributed by atoms with Crippen molar-refractivity contribution < 1.29 is 4.74 Å². The lowest BCUT2D eigenvalue weighted by atomic mass is 10.2. The van der Waals surface area contributed by atoms with Crippen molar-refractivity contribution in [2.24, 2.45) is 7.05 Å². The molecular formula is C14H18BrN3O. The summed E-state index contributed by atoms with van der Waals surface area (Å²) in [5.41, 5.74) is 4.39. The lowest BCUT2D eigenvalue weighted by Crippen LogP contribution is -2.07. The van der Waals surface area contributed by atoms with Crippen LogP contribution in [-0.2, 0) is 24.9 Å². The average molecular weight is 324 g/mol. The molecule has 0 radical (unpaired) electrons. The van der Waals surface area contributed by atoms with Crippen LogP contribution in [0.5, 0.6) is 0 Å². The Morgan fingerprint density at radius 3 is 2.84 bits per heavy atom. The summed E-state index contributed by atoms with van der Waals surface area (Å²) in [4.78, 5) is 0. The summed E-state index contributed by atoms with van der Waals surface area (Å²) in [6.07, 6.45) is 0. The van der Waals surface area contributed by atoms with Gasteiger partial charge in [0.05, 0.1) is 24.5 Å². The van der Waals surface area contributed by atoms with Gasteiger partial charge >= 0.3 is 0 Å². The molecule has 0 bridgehead atoms. The van der Waals surface area contributed by atoms with E-state index < -0.39 is 0 Å². The Morgan fingerprint density at radius 1 is 1.42 bits per heavy atom. The second-order valence-electron chi connectivity index (χ2n) is 4.45. The topological polar surface area (TPSA) is 39.1 Å². The van der Waals surface area contributed by atoms with Crippen molar-refractivity contribution in [3.8, 4) is 0 Å². The molecule has 1 aromatic heterocycles. The summed E-state index contributed by atoms with van der Waals surface area (Å²) in [5, 5.41) is 7.78. The molecule has 102 valence electrons. The van der Waals surface area contributed by atoms with Crippen LogP contribution in [0.3, 0.4) is 0 Å². The third-order valence-electron chi connectivity index (χ3n) is 2.97. The quantitative estimate of drug-likeness (QED) is 0.918. The Balaban J connectivity index is 2.15. The van der Waals surface area contributed by atoms with Gasteiger partial charge in [0.25, 0.3) is 0 Å². The van der Waals surface area contributed by atoms with E-state index >= 15 is 0 Å². The number of methoxy groups -OCH3 is 1. The molecule has 19 heavy (non-hydrogen) atoms. The highest BCUT2D eigenvalue weighted by Crippen LogP contribution is 2.26. The molecule has 1 heterocycles. The molecule has 0 fully saturated rings. The van der Waals surface area contributed by atoms with E-state index in [1.807, 2.05) is 30.8 Å². The minimum atomic E-state index is 0.578. The van der Waals surface area contributed by atoms with E-state index in [4.69, 9.17) is 4.74 Å². The van der Waals surface area contributed by atoms with Crippen molar-refractivity contribution in [1.82, 2.24) is 9.78 Å². The fourth-order valence-corrected chi connectivity index (χ4v) is 2.51. The Morgan fingerprint density at radius 2 is 2.21 bits per heavy atom. The van der Waals surface area contributed by atoms with Crippen molar-refractivity contribution >= 4 is 21.6 Å². The van der Waals surface area contributed by atoms with Crippen molar-refractivity contribution in [3.05, 3.63) is 45.7 Å². The molecule has 2 aromatic rings. The van der Waals surface area contributed by atoms with Gasteiger partial charge in [-0.3, -0.25) is 4.68 Å². The highest BCUT2D eigenvalue weighted by atomic mass is 79.9. The monoisotopic (exact) mass is 323 g/mol. The number of aromatic nitrogens is 2. The number of nitrogens with one attached hydrogen (secondary N) is 1.